The zero-order valence-electron chi connectivity index (χ0n) is 15.1. The first-order chi connectivity index (χ1) is 11.7. The number of anilines is 1. The fraction of sp³-hybridized carbons (Fsp3) is 0.300. The first-order valence-electron chi connectivity index (χ1n) is 8.23. The molecule has 1 amide bonds. The predicted molar refractivity (Wildman–Crippen MR) is 105 cm³/mol. The number of carbonyl (C=O) groups excluding carboxylic acids is 1. The molecule has 0 bridgehead atoms. The Kier molecular flexibility index (Phi) is 4.45. The van der Waals surface area contributed by atoms with Crippen LogP contribution in [0.15, 0.2) is 41.0 Å². The van der Waals surface area contributed by atoms with Crippen LogP contribution in [0.25, 0.3) is 5.65 Å². The molecular formula is C20H22BrN3O. The summed E-state index contributed by atoms with van der Waals surface area (Å²) in [5.41, 5.74) is 5.18. The van der Waals surface area contributed by atoms with Gasteiger partial charge in [-0.1, -0.05) is 32.9 Å². The molecule has 0 spiro atoms. The van der Waals surface area contributed by atoms with Gasteiger partial charge in [-0.25, -0.2) is 4.98 Å². The van der Waals surface area contributed by atoms with Crippen molar-refractivity contribution in [2.45, 2.75) is 40.0 Å². The number of amides is 1. The van der Waals surface area contributed by atoms with Crippen LogP contribution in [-0.2, 0) is 5.41 Å². The molecule has 0 fully saturated rings. The lowest BCUT2D eigenvalue weighted by Gasteiger charge is -2.19. The van der Waals surface area contributed by atoms with Crippen LogP contribution in [-0.4, -0.2) is 15.3 Å². The molecule has 0 aliphatic rings. The molecule has 0 saturated heterocycles. The van der Waals surface area contributed by atoms with Gasteiger partial charge in [0.1, 0.15) is 11.3 Å². The largest absolute Gasteiger partial charge is 0.321 e. The number of hydrogen-bond donors (Lipinski definition) is 1. The van der Waals surface area contributed by atoms with Crippen molar-refractivity contribution in [2.75, 3.05) is 5.32 Å². The van der Waals surface area contributed by atoms with Gasteiger partial charge in [-0.2, -0.15) is 0 Å². The standard InChI is InChI=1S/C20H22BrN3O/c1-12-10-15(21)11-24-17(13(2)22-18(12)24)19(25)23-16-8-6-14(7-9-16)20(3,4)5/h6-11H,1-5H3,(H,23,25). The quantitative estimate of drug-likeness (QED) is 0.638. The number of carbonyl (C=O) groups is 1. The summed E-state index contributed by atoms with van der Waals surface area (Å²) in [6.45, 7) is 10.4. The summed E-state index contributed by atoms with van der Waals surface area (Å²) >= 11 is 3.49. The SMILES string of the molecule is Cc1nc2c(C)cc(Br)cn2c1C(=O)Nc1ccc(C(C)(C)C)cc1. The minimum Gasteiger partial charge on any atom is -0.321 e. The summed E-state index contributed by atoms with van der Waals surface area (Å²) in [5, 5.41) is 2.98. The van der Waals surface area contributed by atoms with Gasteiger partial charge >= 0.3 is 0 Å². The minimum absolute atomic E-state index is 0.0879. The number of fused-ring (bicyclic) bond motifs is 1. The van der Waals surface area contributed by atoms with Crippen LogP contribution in [0.4, 0.5) is 5.69 Å². The second-order valence-corrected chi connectivity index (χ2v) is 8.28. The van der Waals surface area contributed by atoms with Gasteiger partial charge < -0.3 is 5.32 Å². The third-order valence-electron chi connectivity index (χ3n) is 4.27. The van der Waals surface area contributed by atoms with E-state index in [0.29, 0.717) is 11.4 Å². The summed E-state index contributed by atoms with van der Waals surface area (Å²) in [6.07, 6.45) is 1.87. The maximum Gasteiger partial charge on any atom is 0.274 e. The number of halogens is 1. The zero-order valence-corrected chi connectivity index (χ0v) is 16.7. The molecule has 2 heterocycles. The summed E-state index contributed by atoms with van der Waals surface area (Å²) < 4.78 is 2.76. The lowest BCUT2D eigenvalue weighted by atomic mass is 9.87. The van der Waals surface area contributed by atoms with E-state index in [9.17, 15) is 4.79 Å². The third-order valence-corrected chi connectivity index (χ3v) is 4.70. The van der Waals surface area contributed by atoms with E-state index in [0.717, 1.165) is 21.4 Å². The number of pyridine rings is 1. The van der Waals surface area contributed by atoms with Crippen LogP contribution in [0.3, 0.4) is 0 Å². The average molecular weight is 400 g/mol. The van der Waals surface area contributed by atoms with Gasteiger partial charge in [0.05, 0.1) is 5.69 Å². The second kappa shape index (κ2) is 6.30. The van der Waals surface area contributed by atoms with E-state index in [-0.39, 0.29) is 11.3 Å². The number of nitrogens with zero attached hydrogens (tertiary/aromatic N) is 2. The fourth-order valence-corrected chi connectivity index (χ4v) is 3.45. The van der Waals surface area contributed by atoms with Crippen molar-refractivity contribution < 1.29 is 4.79 Å². The number of hydrogen-bond acceptors (Lipinski definition) is 2. The molecular weight excluding hydrogens is 378 g/mol. The van der Waals surface area contributed by atoms with E-state index in [1.54, 1.807) is 0 Å². The van der Waals surface area contributed by atoms with E-state index >= 15 is 0 Å². The molecule has 0 radical (unpaired) electrons. The number of imidazole rings is 1. The van der Waals surface area contributed by atoms with Gasteiger partial charge in [0, 0.05) is 16.4 Å². The molecule has 25 heavy (non-hydrogen) atoms. The topological polar surface area (TPSA) is 46.4 Å². The Morgan fingerprint density at radius 3 is 2.40 bits per heavy atom. The molecule has 0 aliphatic carbocycles. The van der Waals surface area contributed by atoms with Crippen LogP contribution in [0.2, 0.25) is 0 Å². The van der Waals surface area contributed by atoms with Crippen molar-refractivity contribution in [1.82, 2.24) is 9.38 Å². The molecule has 3 aromatic rings. The molecule has 1 N–H and O–H groups in total. The summed E-state index contributed by atoms with van der Waals surface area (Å²) in [5.74, 6) is -0.161. The van der Waals surface area contributed by atoms with E-state index in [1.807, 2.05) is 42.6 Å². The number of aryl methyl sites for hydroxylation is 2. The lowest BCUT2D eigenvalue weighted by Crippen LogP contribution is -2.16. The van der Waals surface area contributed by atoms with Crippen molar-refractivity contribution >= 4 is 33.2 Å². The Morgan fingerprint density at radius 1 is 1.16 bits per heavy atom. The highest BCUT2D eigenvalue weighted by Gasteiger charge is 2.19. The molecule has 2 aromatic heterocycles. The number of nitrogens with one attached hydrogen (secondary N) is 1. The van der Waals surface area contributed by atoms with Gasteiger partial charge in [-0.15, -0.1) is 0 Å². The molecule has 4 nitrogen and oxygen atoms in total. The zero-order chi connectivity index (χ0) is 18.4. The summed E-state index contributed by atoms with van der Waals surface area (Å²) in [6, 6.07) is 9.99. The van der Waals surface area contributed by atoms with Crippen LogP contribution < -0.4 is 5.32 Å². The maximum atomic E-state index is 12.8. The molecule has 1 aromatic carbocycles. The summed E-state index contributed by atoms with van der Waals surface area (Å²) in [4.78, 5) is 17.4. The van der Waals surface area contributed by atoms with Crippen LogP contribution in [0, 0.1) is 13.8 Å². The van der Waals surface area contributed by atoms with Crippen molar-refractivity contribution in [2.24, 2.45) is 0 Å². The smallest absolute Gasteiger partial charge is 0.274 e. The Bertz CT molecular complexity index is 950. The number of rotatable bonds is 2. The van der Waals surface area contributed by atoms with Crippen LogP contribution in [0.1, 0.15) is 48.1 Å². The first kappa shape index (κ1) is 17.7. The van der Waals surface area contributed by atoms with Crippen LogP contribution >= 0.6 is 15.9 Å². The Labute approximate surface area is 156 Å². The van der Waals surface area contributed by atoms with Gasteiger partial charge in [0.25, 0.3) is 5.91 Å². The maximum absolute atomic E-state index is 12.8. The Hall–Kier alpha value is -2.14. The van der Waals surface area contributed by atoms with Gasteiger partial charge in [-0.05, 0) is 64.5 Å². The number of benzene rings is 1. The average Bonchev–Trinajstić information content (AvgIpc) is 2.83. The molecule has 0 aliphatic heterocycles. The lowest BCUT2D eigenvalue weighted by molar-refractivity contribution is 0.102. The fourth-order valence-electron chi connectivity index (χ4n) is 2.90. The predicted octanol–water partition coefficient (Wildman–Crippen LogP) is 5.26. The van der Waals surface area contributed by atoms with E-state index in [1.165, 1.54) is 5.56 Å². The highest BCUT2D eigenvalue weighted by Crippen LogP contribution is 2.24. The normalized spacial score (nSPS) is 11.8. The molecule has 130 valence electrons. The van der Waals surface area contributed by atoms with Gasteiger partial charge in [0.2, 0.25) is 0 Å². The molecule has 0 atom stereocenters. The first-order valence-corrected chi connectivity index (χ1v) is 9.03. The summed E-state index contributed by atoms with van der Waals surface area (Å²) in [7, 11) is 0. The monoisotopic (exact) mass is 399 g/mol. The van der Waals surface area contributed by atoms with E-state index in [2.05, 4.69) is 59.1 Å². The molecule has 0 unspecified atom stereocenters. The Balaban J connectivity index is 1.94. The highest BCUT2D eigenvalue weighted by atomic mass is 79.9. The van der Waals surface area contributed by atoms with Gasteiger partial charge in [0.15, 0.2) is 0 Å². The van der Waals surface area contributed by atoms with Gasteiger partial charge in [-0.3, -0.25) is 9.20 Å². The Morgan fingerprint density at radius 2 is 1.80 bits per heavy atom. The molecule has 5 heteroatoms. The van der Waals surface area contributed by atoms with Crippen molar-refractivity contribution in [3.05, 3.63) is 63.5 Å². The van der Waals surface area contributed by atoms with E-state index < -0.39 is 0 Å². The highest BCUT2D eigenvalue weighted by molar-refractivity contribution is 9.10. The van der Waals surface area contributed by atoms with E-state index in [4.69, 9.17) is 0 Å². The van der Waals surface area contributed by atoms with Crippen molar-refractivity contribution in [3.8, 4) is 0 Å². The number of aromatic nitrogens is 2. The van der Waals surface area contributed by atoms with Crippen molar-refractivity contribution in [3.63, 3.8) is 0 Å². The third kappa shape index (κ3) is 3.47. The van der Waals surface area contributed by atoms with Crippen LogP contribution in [0.5, 0.6) is 0 Å². The van der Waals surface area contributed by atoms with Crippen molar-refractivity contribution in [1.29, 1.82) is 0 Å². The molecule has 3 rings (SSSR count). The minimum atomic E-state index is -0.161. The molecule has 0 saturated carbocycles. The second-order valence-electron chi connectivity index (χ2n) is 7.36.